The Kier molecular flexibility index (Phi) is 6.50. The Bertz CT molecular complexity index is 498. The van der Waals surface area contributed by atoms with E-state index in [0.29, 0.717) is 6.54 Å². The minimum absolute atomic E-state index is 0.0376. The summed E-state index contributed by atoms with van der Waals surface area (Å²) < 4.78 is 0. The van der Waals surface area contributed by atoms with Gasteiger partial charge in [0.15, 0.2) is 0 Å². The maximum atomic E-state index is 11.7. The van der Waals surface area contributed by atoms with Crippen molar-refractivity contribution >= 4 is 6.09 Å². The standard InChI is InChI=1S/C19H27NO2/c1-2-3-4-5-6-9-15-20(19(21)22)18-14-10-12-16-11-7-8-13-17(16)18/h2,7-8,11,13,18H,1,3-6,9-10,12,14-15H2,(H,21,22). The Morgan fingerprint density at radius 2 is 2.05 bits per heavy atom. The van der Waals surface area contributed by atoms with Crippen molar-refractivity contribution in [2.45, 2.75) is 57.4 Å². The molecule has 1 amide bonds. The summed E-state index contributed by atoms with van der Waals surface area (Å²) in [6.45, 7) is 4.37. The summed E-state index contributed by atoms with van der Waals surface area (Å²) in [5.41, 5.74) is 2.53. The molecule has 2 rings (SSSR count). The van der Waals surface area contributed by atoms with Crippen LogP contribution in [0.25, 0.3) is 0 Å². The van der Waals surface area contributed by atoms with Crippen LogP contribution in [0.5, 0.6) is 0 Å². The fraction of sp³-hybridized carbons (Fsp3) is 0.526. The van der Waals surface area contributed by atoms with Crippen molar-refractivity contribution in [1.82, 2.24) is 4.90 Å². The van der Waals surface area contributed by atoms with E-state index in [2.05, 4.69) is 18.7 Å². The van der Waals surface area contributed by atoms with E-state index < -0.39 is 6.09 Å². The molecule has 1 N–H and O–H groups in total. The van der Waals surface area contributed by atoms with E-state index in [1.807, 2.05) is 18.2 Å². The van der Waals surface area contributed by atoms with Crippen molar-refractivity contribution in [3.05, 3.63) is 48.0 Å². The topological polar surface area (TPSA) is 40.5 Å². The van der Waals surface area contributed by atoms with Gasteiger partial charge < -0.3 is 10.0 Å². The molecule has 120 valence electrons. The molecule has 0 saturated heterocycles. The molecule has 0 spiro atoms. The Morgan fingerprint density at radius 1 is 1.27 bits per heavy atom. The van der Waals surface area contributed by atoms with Gasteiger partial charge in [0.2, 0.25) is 0 Å². The molecule has 0 aliphatic heterocycles. The van der Waals surface area contributed by atoms with Gasteiger partial charge in [-0.3, -0.25) is 0 Å². The molecule has 3 heteroatoms. The van der Waals surface area contributed by atoms with Gasteiger partial charge in [0.05, 0.1) is 6.04 Å². The molecule has 0 aromatic heterocycles. The number of benzene rings is 1. The highest BCUT2D eigenvalue weighted by molar-refractivity contribution is 5.66. The Morgan fingerprint density at radius 3 is 2.82 bits per heavy atom. The van der Waals surface area contributed by atoms with Gasteiger partial charge >= 0.3 is 6.09 Å². The van der Waals surface area contributed by atoms with Crippen LogP contribution in [-0.4, -0.2) is 22.6 Å². The summed E-state index contributed by atoms with van der Waals surface area (Å²) in [6.07, 6.45) is 9.65. The summed E-state index contributed by atoms with van der Waals surface area (Å²) in [6, 6.07) is 8.34. The lowest BCUT2D eigenvalue weighted by Gasteiger charge is -2.34. The van der Waals surface area contributed by atoms with Gasteiger partial charge in [0.25, 0.3) is 0 Å². The number of fused-ring (bicyclic) bond motifs is 1. The molecule has 0 heterocycles. The minimum atomic E-state index is -0.784. The maximum absolute atomic E-state index is 11.7. The first-order valence-electron chi connectivity index (χ1n) is 8.42. The van der Waals surface area contributed by atoms with Crippen LogP contribution in [0.4, 0.5) is 4.79 Å². The molecule has 0 fully saturated rings. The SMILES string of the molecule is C=CCCCCCCN(C(=O)O)C1CCCc2ccccc21. The highest BCUT2D eigenvalue weighted by Gasteiger charge is 2.28. The second-order valence-corrected chi connectivity index (χ2v) is 6.07. The predicted molar refractivity (Wildman–Crippen MR) is 90.1 cm³/mol. The highest BCUT2D eigenvalue weighted by atomic mass is 16.4. The van der Waals surface area contributed by atoms with Gasteiger partial charge in [-0.25, -0.2) is 4.79 Å². The number of nitrogens with zero attached hydrogens (tertiary/aromatic N) is 1. The molecule has 1 unspecified atom stereocenters. The molecule has 1 atom stereocenters. The second-order valence-electron chi connectivity index (χ2n) is 6.07. The zero-order chi connectivity index (χ0) is 15.8. The molecule has 1 aliphatic carbocycles. The van der Waals surface area contributed by atoms with E-state index in [9.17, 15) is 9.90 Å². The van der Waals surface area contributed by atoms with Crippen LogP contribution in [0.3, 0.4) is 0 Å². The maximum Gasteiger partial charge on any atom is 0.407 e. The highest BCUT2D eigenvalue weighted by Crippen LogP contribution is 2.34. The van der Waals surface area contributed by atoms with E-state index in [1.165, 1.54) is 11.1 Å². The molecule has 3 nitrogen and oxygen atoms in total. The van der Waals surface area contributed by atoms with Crippen molar-refractivity contribution in [2.75, 3.05) is 6.54 Å². The third-order valence-corrected chi connectivity index (χ3v) is 4.52. The number of unbranched alkanes of at least 4 members (excludes halogenated alkanes) is 4. The van der Waals surface area contributed by atoms with E-state index in [-0.39, 0.29) is 6.04 Å². The molecule has 0 radical (unpaired) electrons. The molecule has 1 aromatic carbocycles. The van der Waals surface area contributed by atoms with E-state index in [1.54, 1.807) is 4.90 Å². The van der Waals surface area contributed by atoms with Crippen LogP contribution in [0.1, 0.15) is 62.1 Å². The largest absolute Gasteiger partial charge is 0.465 e. The summed E-state index contributed by atoms with van der Waals surface area (Å²) in [5, 5.41) is 9.60. The van der Waals surface area contributed by atoms with Gasteiger partial charge in [0.1, 0.15) is 0 Å². The lowest BCUT2D eigenvalue weighted by atomic mass is 9.87. The van der Waals surface area contributed by atoms with E-state index in [0.717, 1.165) is 51.4 Å². The molecular weight excluding hydrogens is 274 g/mol. The number of aryl methyl sites for hydroxylation is 1. The predicted octanol–water partition coefficient (Wildman–Crippen LogP) is 5.18. The quantitative estimate of drug-likeness (QED) is 0.531. The van der Waals surface area contributed by atoms with Crippen LogP contribution in [0, 0.1) is 0 Å². The summed E-state index contributed by atoms with van der Waals surface area (Å²) >= 11 is 0. The van der Waals surface area contributed by atoms with Crippen LogP contribution in [-0.2, 0) is 6.42 Å². The first-order chi connectivity index (χ1) is 10.7. The minimum Gasteiger partial charge on any atom is -0.465 e. The summed E-state index contributed by atoms with van der Waals surface area (Å²) in [7, 11) is 0. The molecule has 1 aliphatic rings. The number of amides is 1. The van der Waals surface area contributed by atoms with Crippen LogP contribution >= 0.6 is 0 Å². The number of carboxylic acid groups (broad SMARTS) is 1. The Balaban J connectivity index is 1.94. The number of rotatable bonds is 8. The number of carbonyl (C=O) groups is 1. The van der Waals surface area contributed by atoms with Gasteiger partial charge in [-0.15, -0.1) is 6.58 Å². The van der Waals surface area contributed by atoms with Crippen molar-refractivity contribution in [3.63, 3.8) is 0 Å². The molecule has 0 bridgehead atoms. The van der Waals surface area contributed by atoms with Gasteiger partial charge in [-0.2, -0.15) is 0 Å². The average Bonchev–Trinajstić information content (AvgIpc) is 2.53. The summed E-state index contributed by atoms with van der Waals surface area (Å²) in [4.78, 5) is 13.3. The normalized spacial score (nSPS) is 16.8. The van der Waals surface area contributed by atoms with Gasteiger partial charge in [-0.1, -0.05) is 43.2 Å². The van der Waals surface area contributed by atoms with Crippen molar-refractivity contribution in [2.24, 2.45) is 0 Å². The lowest BCUT2D eigenvalue weighted by Crippen LogP contribution is -2.36. The third-order valence-electron chi connectivity index (χ3n) is 4.52. The second kappa shape index (κ2) is 8.62. The van der Waals surface area contributed by atoms with Crippen molar-refractivity contribution < 1.29 is 9.90 Å². The van der Waals surface area contributed by atoms with Crippen LogP contribution in [0.2, 0.25) is 0 Å². The number of allylic oxidation sites excluding steroid dienone is 1. The first-order valence-corrected chi connectivity index (χ1v) is 8.42. The van der Waals surface area contributed by atoms with Crippen molar-refractivity contribution in [1.29, 1.82) is 0 Å². The fourth-order valence-electron chi connectivity index (χ4n) is 3.36. The zero-order valence-electron chi connectivity index (χ0n) is 13.3. The van der Waals surface area contributed by atoms with E-state index >= 15 is 0 Å². The van der Waals surface area contributed by atoms with Gasteiger partial charge in [-0.05, 0) is 49.7 Å². The number of hydrogen-bond donors (Lipinski definition) is 1. The van der Waals surface area contributed by atoms with Crippen LogP contribution < -0.4 is 0 Å². The van der Waals surface area contributed by atoms with Crippen molar-refractivity contribution in [3.8, 4) is 0 Å². The lowest BCUT2D eigenvalue weighted by molar-refractivity contribution is 0.117. The Hall–Kier alpha value is -1.77. The molecular formula is C19H27NO2. The molecule has 1 aromatic rings. The molecule has 22 heavy (non-hydrogen) atoms. The summed E-state index contributed by atoms with van der Waals surface area (Å²) in [5.74, 6) is 0. The van der Waals surface area contributed by atoms with E-state index in [4.69, 9.17) is 0 Å². The average molecular weight is 301 g/mol. The monoisotopic (exact) mass is 301 g/mol. The van der Waals surface area contributed by atoms with Crippen LogP contribution in [0.15, 0.2) is 36.9 Å². The smallest absolute Gasteiger partial charge is 0.407 e. The Labute approximate surface area is 133 Å². The third kappa shape index (κ3) is 4.36. The number of hydrogen-bond acceptors (Lipinski definition) is 1. The molecule has 0 saturated carbocycles. The fourth-order valence-corrected chi connectivity index (χ4v) is 3.36. The zero-order valence-corrected chi connectivity index (χ0v) is 13.3. The first kappa shape index (κ1) is 16.6. The van der Waals surface area contributed by atoms with Gasteiger partial charge in [0, 0.05) is 6.54 Å².